The van der Waals surface area contributed by atoms with E-state index in [0.29, 0.717) is 12.0 Å². The molecule has 5 nitrogen and oxygen atoms in total. The molecule has 0 bridgehead atoms. The fourth-order valence-corrected chi connectivity index (χ4v) is 2.56. The highest BCUT2D eigenvalue weighted by Gasteiger charge is 2.29. The Bertz CT molecular complexity index is 720. The number of nitrogens with zero attached hydrogens (tertiary/aromatic N) is 3. The van der Waals surface area contributed by atoms with Gasteiger partial charge in [-0.05, 0) is 36.5 Å². The molecule has 2 aromatic rings. The molecular weight excluding hydrogens is 333 g/mol. The molecule has 1 aliphatic rings. The molecule has 134 valence electrons. The number of amides is 1. The van der Waals surface area contributed by atoms with Crippen molar-refractivity contribution < 1.29 is 18.0 Å². The third kappa shape index (κ3) is 5.30. The van der Waals surface area contributed by atoms with Crippen molar-refractivity contribution in [3.63, 3.8) is 0 Å². The van der Waals surface area contributed by atoms with Gasteiger partial charge in [0.1, 0.15) is 6.33 Å². The van der Waals surface area contributed by atoms with E-state index in [9.17, 15) is 18.0 Å². The lowest BCUT2D eigenvalue weighted by atomic mass is 10.1. The van der Waals surface area contributed by atoms with Crippen LogP contribution in [0.2, 0.25) is 0 Å². The number of carbonyl (C=O) groups excluding carboxylic acids is 1. The van der Waals surface area contributed by atoms with Gasteiger partial charge in [-0.25, -0.2) is 9.67 Å². The molecule has 1 amide bonds. The Balaban J connectivity index is 1.49. The first-order valence-corrected chi connectivity index (χ1v) is 8.25. The van der Waals surface area contributed by atoms with Crippen LogP contribution in [0.1, 0.15) is 43.2 Å². The summed E-state index contributed by atoms with van der Waals surface area (Å²) in [4.78, 5) is 15.8. The fourth-order valence-electron chi connectivity index (χ4n) is 2.56. The molecule has 1 aliphatic carbocycles. The highest BCUT2D eigenvalue weighted by atomic mass is 19.4. The Labute approximate surface area is 143 Å². The number of rotatable bonds is 7. The van der Waals surface area contributed by atoms with Crippen molar-refractivity contribution in [2.75, 3.05) is 5.32 Å². The summed E-state index contributed by atoms with van der Waals surface area (Å²) in [5.41, 5.74) is -0.0193. The largest absolute Gasteiger partial charge is 0.416 e. The number of hydrogen-bond acceptors (Lipinski definition) is 3. The van der Waals surface area contributed by atoms with Gasteiger partial charge in [-0.2, -0.15) is 13.2 Å². The van der Waals surface area contributed by atoms with E-state index in [0.717, 1.165) is 30.9 Å². The highest BCUT2D eigenvalue weighted by Crippen LogP contribution is 2.33. The Kier molecular flexibility index (Phi) is 5.06. The van der Waals surface area contributed by atoms with Crippen molar-refractivity contribution in [3.8, 4) is 0 Å². The maximum Gasteiger partial charge on any atom is 0.416 e. The second kappa shape index (κ2) is 7.25. The van der Waals surface area contributed by atoms with E-state index in [1.54, 1.807) is 0 Å². The van der Waals surface area contributed by atoms with Crippen LogP contribution >= 0.6 is 0 Å². The van der Waals surface area contributed by atoms with Gasteiger partial charge in [0.25, 0.3) is 0 Å². The molecule has 0 spiro atoms. The van der Waals surface area contributed by atoms with Gasteiger partial charge < -0.3 is 0 Å². The lowest BCUT2D eigenvalue weighted by Gasteiger charge is -2.07. The number of halogens is 3. The monoisotopic (exact) mass is 352 g/mol. The van der Waals surface area contributed by atoms with Gasteiger partial charge in [0, 0.05) is 6.42 Å². The van der Waals surface area contributed by atoms with Crippen molar-refractivity contribution in [3.05, 3.63) is 41.7 Å². The number of nitrogens with one attached hydrogen (secondary N) is 1. The van der Waals surface area contributed by atoms with Gasteiger partial charge in [0.15, 0.2) is 0 Å². The van der Waals surface area contributed by atoms with E-state index < -0.39 is 11.7 Å². The zero-order chi connectivity index (χ0) is 17.9. The minimum atomic E-state index is -4.34. The van der Waals surface area contributed by atoms with Crippen LogP contribution in [-0.2, 0) is 17.5 Å². The van der Waals surface area contributed by atoms with Crippen molar-refractivity contribution >= 4 is 11.9 Å². The Morgan fingerprint density at radius 2 is 1.96 bits per heavy atom. The van der Waals surface area contributed by atoms with Gasteiger partial charge in [0.05, 0.1) is 12.1 Å². The van der Waals surface area contributed by atoms with Crippen LogP contribution in [0.3, 0.4) is 0 Å². The summed E-state index contributed by atoms with van der Waals surface area (Å²) in [5.74, 6) is 0.894. The molecule has 1 aromatic heterocycles. The lowest BCUT2D eigenvalue weighted by molar-refractivity contribution is -0.137. The molecule has 1 saturated carbocycles. The summed E-state index contributed by atoms with van der Waals surface area (Å²) in [6.45, 7) is 0.280. The SMILES string of the molecule is O=C(CCCC1CC1)Nc1ncn(Cc2ccc(C(F)(F)F)cc2)n1. The van der Waals surface area contributed by atoms with E-state index in [2.05, 4.69) is 15.4 Å². The van der Waals surface area contributed by atoms with Crippen LogP contribution in [0.25, 0.3) is 0 Å². The lowest BCUT2D eigenvalue weighted by Crippen LogP contribution is -2.13. The Morgan fingerprint density at radius 1 is 1.24 bits per heavy atom. The first-order chi connectivity index (χ1) is 11.9. The second-order valence-corrected chi connectivity index (χ2v) is 6.34. The number of benzene rings is 1. The van der Waals surface area contributed by atoms with E-state index in [1.165, 1.54) is 36.0 Å². The number of anilines is 1. The molecular formula is C17H19F3N4O. The number of aromatic nitrogens is 3. The zero-order valence-electron chi connectivity index (χ0n) is 13.6. The predicted molar refractivity (Wildman–Crippen MR) is 85.8 cm³/mol. The predicted octanol–water partition coefficient (Wildman–Crippen LogP) is 3.86. The molecule has 0 unspecified atom stereocenters. The van der Waals surface area contributed by atoms with E-state index in [1.807, 2.05) is 0 Å². The van der Waals surface area contributed by atoms with Crippen LogP contribution in [0, 0.1) is 5.92 Å². The molecule has 0 radical (unpaired) electrons. The van der Waals surface area contributed by atoms with E-state index in [4.69, 9.17) is 0 Å². The molecule has 0 atom stereocenters. The van der Waals surface area contributed by atoms with Crippen molar-refractivity contribution in [2.24, 2.45) is 5.92 Å². The topological polar surface area (TPSA) is 59.8 Å². The van der Waals surface area contributed by atoms with Crippen LogP contribution < -0.4 is 5.32 Å². The summed E-state index contributed by atoms with van der Waals surface area (Å²) in [5, 5.41) is 6.76. The van der Waals surface area contributed by atoms with Crippen LogP contribution in [0.15, 0.2) is 30.6 Å². The standard InChI is InChI=1S/C17H19F3N4O/c18-17(19,20)14-8-6-13(7-9-14)10-24-11-21-16(23-24)22-15(25)3-1-2-12-4-5-12/h6-9,11-12H,1-5,10H2,(H,22,23,25). The highest BCUT2D eigenvalue weighted by molar-refractivity contribution is 5.88. The maximum absolute atomic E-state index is 12.5. The quantitative estimate of drug-likeness (QED) is 0.823. The molecule has 0 aliphatic heterocycles. The average molecular weight is 352 g/mol. The molecule has 1 fully saturated rings. The van der Waals surface area contributed by atoms with Gasteiger partial charge in [-0.15, -0.1) is 5.10 Å². The van der Waals surface area contributed by atoms with E-state index >= 15 is 0 Å². The molecule has 1 N–H and O–H groups in total. The first kappa shape index (κ1) is 17.4. The number of alkyl halides is 3. The van der Waals surface area contributed by atoms with Gasteiger partial charge in [0.2, 0.25) is 11.9 Å². The third-order valence-electron chi connectivity index (χ3n) is 4.13. The maximum atomic E-state index is 12.5. The van der Waals surface area contributed by atoms with E-state index in [-0.39, 0.29) is 18.4 Å². The minimum absolute atomic E-state index is 0.118. The summed E-state index contributed by atoms with van der Waals surface area (Å²) in [6, 6.07) is 4.88. The summed E-state index contributed by atoms with van der Waals surface area (Å²) in [7, 11) is 0. The normalized spacial score (nSPS) is 14.5. The Morgan fingerprint density at radius 3 is 2.60 bits per heavy atom. The third-order valence-corrected chi connectivity index (χ3v) is 4.13. The minimum Gasteiger partial charge on any atom is -0.293 e. The van der Waals surface area contributed by atoms with Gasteiger partial charge in [-0.3, -0.25) is 10.1 Å². The first-order valence-electron chi connectivity index (χ1n) is 8.25. The second-order valence-electron chi connectivity index (χ2n) is 6.34. The van der Waals surface area contributed by atoms with Crippen LogP contribution in [0.5, 0.6) is 0 Å². The summed E-state index contributed by atoms with van der Waals surface area (Å²) in [6.07, 6.45) is 2.05. The van der Waals surface area contributed by atoms with Crippen molar-refractivity contribution in [1.82, 2.24) is 14.8 Å². The molecule has 8 heteroatoms. The van der Waals surface area contributed by atoms with Gasteiger partial charge >= 0.3 is 6.18 Å². The fraction of sp³-hybridized carbons (Fsp3) is 0.471. The Hall–Kier alpha value is -2.38. The van der Waals surface area contributed by atoms with Crippen molar-refractivity contribution in [2.45, 2.75) is 44.8 Å². The summed E-state index contributed by atoms with van der Waals surface area (Å²) < 4.78 is 39.1. The average Bonchev–Trinajstić information content (AvgIpc) is 3.27. The van der Waals surface area contributed by atoms with Crippen LogP contribution in [-0.4, -0.2) is 20.7 Å². The zero-order valence-corrected chi connectivity index (χ0v) is 13.6. The van der Waals surface area contributed by atoms with Gasteiger partial charge in [-0.1, -0.05) is 25.0 Å². The molecule has 0 saturated heterocycles. The number of carbonyl (C=O) groups is 1. The molecule has 1 aromatic carbocycles. The molecule has 1 heterocycles. The molecule has 3 rings (SSSR count). The van der Waals surface area contributed by atoms with Crippen molar-refractivity contribution in [1.29, 1.82) is 0 Å². The molecule has 25 heavy (non-hydrogen) atoms. The smallest absolute Gasteiger partial charge is 0.293 e. The number of hydrogen-bond donors (Lipinski definition) is 1. The summed E-state index contributed by atoms with van der Waals surface area (Å²) >= 11 is 0. The van der Waals surface area contributed by atoms with Crippen LogP contribution in [0.4, 0.5) is 19.1 Å².